The van der Waals surface area contributed by atoms with E-state index in [0.29, 0.717) is 33.4 Å². The molecule has 1 aliphatic rings. The molecule has 2 aromatic carbocycles. The molecule has 1 unspecified atom stereocenters. The van der Waals surface area contributed by atoms with Gasteiger partial charge >= 0.3 is 17.9 Å². The fourth-order valence-corrected chi connectivity index (χ4v) is 5.14. The second-order valence-corrected chi connectivity index (χ2v) is 9.22. The monoisotopic (exact) mass is 564 g/mol. The van der Waals surface area contributed by atoms with E-state index in [0.717, 1.165) is 0 Å². The van der Waals surface area contributed by atoms with E-state index in [2.05, 4.69) is 16.2 Å². The summed E-state index contributed by atoms with van der Waals surface area (Å²) in [4.78, 5) is 44.0. The fourth-order valence-electron chi connectivity index (χ4n) is 5.14. The van der Waals surface area contributed by atoms with Crippen molar-refractivity contribution in [2.75, 3.05) is 19.1 Å². The largest absolute Gasteiger partial charge is 0.476 e. The van der Waals surface area contributed by atoms with Gasteiger partial charge in [0.25, 0.3) is 0 Å². The van der Waals surface area contributed by atoms with Crippen LogP contribution in [-0.2, 0) is 26.1 Å². The topological polar surface area (TPSA) is 174 Å². The number of aromatic nitrogens is 3. The number of carboxylic acid groups (broad SMARTS) is 1. The molecule has 1 atom stereocenters. The number of carboxylic acids is 1. The van der Waals surface area contributed by atoms with Crippen molar-refractivity contribution >= 4 is 34.6 Å². The summed E-state index contributed by atoms with van der Waals surface area (Å²) in [6.07, 6.45) is 1.55. The SMILES string of the molecule is COC(=O)C1=C(C(=O)OC)N(c2ccc(-c3ccnc4c3c(C(=O)O)nn4C)cc2)C(N)=C(C#N)C1c1ccccc1. The van der Waals surface area contributed by atoms with Crippen LogP contribution in [0.3, 0.4) is 0 Å². The fraction of sp³-hybridized carbons (Fsp3) is 0.133. The Balaban J connectivity index is 1.71. The summed E-state index contributed by atoms with van der Waals surface area (Å²) in [5.74, 6) is -3.95. The van der Waals surface area contributed by atoms with Gasteiger partial charge in [0.1, 0.15) is 11.5 Å². The van der Waals surface area contributed by atoms with Gasteiger partial charge in [-0.3, -0.25) is 4.90 Å². The lowest BCUT2D eigenvalue weighted by atomic mass is 9.81. The van der Waals surface area contributed by atoms with Crippen LogP contribution in [0.2, 0.25) is 0 Å². The van der Waals surface area contributed by atoms with Crippen LogP contribution < -0.4 is 10.6 Å². The number of esters is 2. The average Bonchev–Trinajstić information content (AvgIpc) is 3.37. The Morgan fingerprint density at radius 1 is 1.00 bits per heavy atom. The number of allylic oxidation sites excluding steroid dienone is 1. The Morgan fingerprint density at radius 2 is 1.67 bits per heavy atom. The van der Waals surface area contributed by atoms with Gasteiger partial charge in [-0.1, -0.05) is 42.5 Å². The Morgan fingerprint density at radius 3 is 2.26 bits per heavy atom. The minimum absolute atomic E-state index is 0.0376. The van der Waals surface area contributed by atoms with E-state index in [-0.39, 0.29) is 28.4 Å². The highest BCUT2D eigenvalue weighted by Crippen LogP contribution is 2.43. The lowest BCUT2D eigenvalue weighted by molar-refractivity contribution is -0.139. The van der Waals surface area contributed by atoms with E-state index in [9.17, 15) is 24.8 Å². The summed E-state index contributed by atoms with van der Waals surface area (Å²) in [5, 5.41) is 24.4. The molecule has 12 heteroatoms. The van der Waals surface area contributed by atoms with Crippen molar-refractivity contribution in [1.82, 2.24) is 14.8 Å². The molecular formula is C30H24N6O6. The van der Waals surface area contributed by atoms with Gasteiger partial charge < -0.3 is 20.3 Å². The Labute approximate surface area is 239 Å². The lowest BCUT2D eigenvalue weighted by Crippen LogP contribution is -2.40. The van der Waals surface area contributed by atoms with Gasteiger partial charge in [-0.2, -0.15) is 10.4 Å². The van der Waals surface area contributed by atoms with Crippen LogP contribution in [0.4, 0.5) is 5.69 Å². The summed E-state index contributed by atoms with van der Waals surface area (Å²) in [6.45, 7) is 0. The van der Waals surface area contributed by atoms with Crippen molar-refractivity contribution in [1.29, 1.82) is 5.26 Å². The molecule has 3 heterocycles. The summed E-state index contributed by atoms with van der Waals surface area (Å²) in [6, 6.07) is 19.1. The van der Waals surface area contributed by atoms with Crippen LogP contribution in [-0.4, -0.2) is 52.0 Å². The average molecular weight is 565 g/mol. The quantitative estimate of drug-likeness (QED) is 0.329. The number of nitrogens with two attached hydrogens (primary N) is 1. The molecule has 0 spiro atoms. The number of nitriles is 1. The predicted octanol–water partition coefficient (Wildman–Crippen LogP) is 3.23. The standard InChI is InChI=1S/C30H24N6O6/c1-35-27-22(24(34-35)28(37)38)19(13-14-33-27)16-9-11-18(12-10-16)36-25(30(40)42-3)23(29(39)41-2)21(20(15-31)26(36)32)17-7-5-4-6-8-17/h4-14,21H,32H2,1-3H3,(H,37,38). The van der Waals surface area contributed by atoms with Gasteiger partial charge in [0.2, 0.25) is 0 Å². The zero-order valence-electron chi connectivity index (χ0n) is 22.7. The van der Waals surface area contributed by atoms with Crippen molar-refractivity contribution in [2.24, 2.45) is 12.8 Å². The summed E-state index contributed by atoms with van der Waals surface area (Å²) < 4.78 is 11.5. The molecule has 1 aliphatic heterocycles. The second-order valence-electron chi connectivity index (χ2n) is 9.22. The molecule has 5 rings (SSSR count). The lowest BCUT2D eigenvalue weighted by Gasteiger charge is -2.36. The van der Waals surface area contributed by atoms with E-state index in [4.69, 9.17) is 15.2 Å². The number of carbonyl (C=O) groups is 3. The summed E-state index contributed by atoms with van der Waals surface area (Å²) >= 11 is 0. The van der Waals surface area contributed by atoms with Crippen LogP contribution in [0.5, 0.6) is 0 Å². The minimum Gasteiger partial charge on any atom is -0.476 e. The van der Waals surface area contributed by atoms with Crippen molar-refractivity contribution in [3.8, 4) is 17.2 Å². The number of hydrogen-bond donors (Lipinski definition) is 2. The Hall–Kier alpha value is -5.96. The van der Waals surface area contributed by atoms with E-state index >= 15 is 0 Å². The maximum Gasteiger partial charge on any atom is 0.357 e. The zero-order chi connectivity index (χ0) is 30.1. The first-order valence-electron chi connectivity index (χ1n) is 12.5. The number of rotatable bonds is 6. The molecule has 3 N–H and O–H groups in total. The maximum absolute atomic E-state index is 13.3. The van der Waals surface area contributed by atoms with Gasteiger partial charge in [0, 0.05) is 18.9 Å². The number of ether oxygens (including phenoxy) is 2. The first-order valence-corrected chi connectivity index (χ1v) is 12.5. The molecule has 2 aromatic heterocycles. The van der Waals surface area contributed by atoms with E-state index in [1.54, 1.807) is 73.9 Å². The predicted molar refractivity (Wildman–Crippen MR) is 150 cm³/mol. The molecule has 0 saturated carbocycles. The van der Waals surface area contributed by atoms with Gasteiger partial charge in [-0.05, 0) is 34.9 Å². The summed E-state index contributed by atoms with van der Waals surface area (Å²) in [5.41, 5.74) is 8.63. The van der Waals surface area contributed by atoms with Crippen molar-refractivity contribution in [3.63, 3.8) is 0 Å². The third kappa shape index (κ3) is 4.39. The van der Waals surface area contributed by atoms with Gasteiger partial charge in [-0.25, -0.2) is 24.0 Å². The van der Waals surface area contributed by atoms with E-state index in [1.165, 1.54) is 23.8 Å². The highest BCUT2D eigenvalue weighted by molar-refractivity contribution is 6.08. The zero-order valence-corrected chi connectivity index (χ0v) is 22.7. The van der Waals surface area contributed by atoms with Crippen molar-refractivity contribution in [2.45, 2.75) is 5.92 Å². The molecule has 42 heavy (non-hydrogen) atoms. The van der Waals surface area contributed by atoms with Crippen molar-refractivity contribution in [3.05, 3.63) is 101 Å². The second kappa shape index (κ2) is 10.9. The first kappa shape index (κ1) is 27.6. The van der Waals surface area contributed by atoms with Crippen molar-refractivity contribution < 1.29 is 29.0 Å². The molecule has 0 amide bonds. The minimum atomic E-state index is -1.20. The molecule has 12 nitrogen and oxygen atoms in total. The smallest absolute Gasteiger partial charge is 0.357 e. The first-order chi connectivity index (χ1) is 20.2. The third-order valence-corrected chi connectivity index (χ3v) is 6.97. The number of fused-ring (bicyclic) bond motifs is 1. The molecule has 0 radical (unpaired) electrons. The molecule has 0 saturated heterocycles. The van der Waals surface area contributed by atoms with Crippen LogP contribution in [0, 0.1) is 11.3 Å². The van der Waals surface area contributed by atoms with Crippen LogP contribution in [0.25, 0.3) is 22.2 Å². The number of aryl methyl sites for hydroxylation is 1. The normalized spacial score (nSPS) is 15.0. The number of aromatic carboxylic acids is 1. The Kier molecular flexibility index (Phi) is 7.16. The van der Waals surface area contributed by atoms with Gasteiger partial charge in [-0.15, -0.1) is 0 Å². The summed E-state index contributed by atoms with van der Waals surface area (Å²) in [7, 11) is 3.96. The van der Waals surface area contributed by atoms with Gasteiger partial charge in [0.05, 0.1) is 42.7 Å². The Bertz CT molecular complexity index is 1850. The molecule has 4 aromatic rings. The molecule has 210 valence electrons. The van der Waals surface area contributed by atoms with Crippen LogP contribution >= 0.6 is 0 Å². The van der Waals surface area contributed by atoms with Crippen LogP contribution in [0.15, 0.2) is 89.5 Å². The maximum atomic E-state index is 13.3. The molecule has 0 aliphatic carbocycles. The number of carbonyl (C=O) groups excluding carboxylic acids is 2. The van der Waals surface area contributed by atoms with E-state index in [1.807, 2.05) is 0 Å². The van der Waals surface area contributed by atoms with E-state index < -0.39 is 23.8 Å². The molecular weight excluding hydrogens is 540 g/mol. The number of anilines is 1. The number of benzene rings is 2. The van der Waals surface area contributed by atoms with Gasteiger partial charge in [0.15, 0.2) is 11.3 Å². The highest BCUT2D eigenvalue weighted by Gasteiger charge is 2.43. The third-order valence-electron chi connectivity index (χ3n) is 6.97. The highest BCUT2D eigenvalue weighted by atomic mass is 16.5. The molecule has 0 bridgehead atoms. The number of hydrogen-bond acceptors (Lipinski definition) is 10. The molecule has 0 fully saturated rings. The number of pyridine rings is 1. The number of methoxy groups -OCH3 is 2. The van der Waals surface area contributed by atoms with Crippen LogP contribution in [0.1, 0.15) is 22.0 Å². The number of nitrogens with zero attached hydrogens (tertiary/aromatic N) is 5.